The van der Waals surface area contributed by atoms with Gasteiger partial charge in [0.25, 0.3) is 0 Å². The van der Waals surface area contributed by atoms with Gasteiger partial charge in [-0.15, -0.1) is 11.8 Å². The van der Waals surface area contributed by atoms with E-state index in [1.54, 1.807) is 13.8 Å². The first-order valence-corrected chi connectivity index (χ1v) is 35.8. The number of ether oxygens (including phenoxy) is 10. The monoisotopic (exact) mass is 1960 g/mol. The van der Waals surface area contributed by atoms with E-state index in [1.807, 2.05) is 104 Å². The van der Waals surface area contributed by atoms with Crippen LogP contribution in [-0.4, -0.2) is 171 Å². The number of carboxylic acid groups (broad SMARTS) is 1. The Morgan fingerprint density at radius 1 is 0.394 bits per heavy atom. The second-order valence-corrected chi connectivity index (χ2v) is 27.9. The Morgan fingerprint density at radius 2 is 0.670 bits per heavy atom. The van der Waals surface area contributed by atoms with Gasteiger partial charge in [0.2, 0.25) is 0 Å². The van der Waals surface area contributed by atoms with Gasteiger partial charge in [0.1, 0.15) is 31.4 Å². The maximum Gasteiger partial charge on any atom is 0.309 e. The number of esters is 4. The SMILES string of the molecule is C.CC(=O)C1C2CCC(O2)C1[C-]=O.CC(=O)C1C2CCC(O2)C1[C-]=O.CC(Cc1ccc(COC(=O)C2C3CCC(O3)C2[C-]=O)cc1)C(=O)O.CC/C=C/C/C=C/COC(=O)C1C2CCC(O2)C1[C-]=O.CCOC(=O)C1C2CCC(O2)C1[C-]=O.O=[C-]C1C2CCC(O2)C1C(=O)OCc1ccccc1.[Y].[Y].[Y].[Y].[Y].[Y]. The number of fused-ring (bicyclic) bond motifs is 12. The van der Waals surface area contributed by atoms with E-state index in [9.17, 15) is 62.3 Å². The van der Waals surface area contributed by atoms with Crippen molar-refractivity contribution < 1.29 is 311 Å². The smallest absolute Gasteiger partial charge is 0.309 e. The molecule has 12 heterocycles. The van der Waals surface area contributed by atoms with Crippen molar-refractivity contribution in [2.24, 2.45) is 76.9 Å². The molecule has 12 saturated heterocycles. The number of carbonyl (C=O) groups is 7. The molecule has 12 bridgehead atoms. The van der Waals surface area contributed by atoms with E-state index in [2.05, 4.69) is 19.1 Å². The second-order valence-electron chi connectivity index (χ2n) is 27.9. The summed E-state index contributed by atoms with van der Waals surface area (Å²) in [7, 11) is 0. The Labute approximate surface area is 790 Å². The molecule has 12 aliphatic heterocycles. The fourth-order valence-corrected chi connectivity index (χ4v) is 16.5. The van der Waals surface area contributed by atoms with E-state index in [-0.39, 0.29) is 350 Å². The van der Waals surface area contributed by atoms with Gasteiger partial charge in [0.15, 0.2) is 0 Å². The molecule has 25 atom stereocenters. The molecule has 12 aliphatic rings. The van der Waals surface area contributed by atoms with Gasteiger partial charge in [-0.2, -0.15) is 0 Å². The number of Topliss-reactive ketones (excluding diaryl/α,β-unsaturated/α-hetero) is 2. The Morgan fingerprint density at radius 3 is 0.963 bits per heavy atom. The van der Waals surface area contributed by atoms with E-state index in [1.165, 1.54) is 13.8 Å². The molecule has 12 fully saturated rings. The molecule has 0 saturated carbocycles. The zero-order valence-electron chi connectivity index (χ0n) is 61.7. The summed E-state index contributed by atoms with van der Waals surface area (Å²) in [5.41, 5.74) is 2.67. The Kier molecular flexibility index (Phi) is 49.7. The molecular formula is C79H96O24Y6-6. The van der Waals surface area contributed by atoms with Crippen LogP contribution < -0.4 is 0 Å². The number of benzene rings is 2. The number of carboxylic acids is 1. The minimum atomic E-state index is -0.826. The number of carbonyl (C=O) groups excluding carboxylic acids is 12. The van der Waals surface area contributed by atoms with Crippen molar-refractivity contribution in [1.29, 1.82) is 0 Å². The van der Waals surface area contributed by atoms with Crippen molar-refractivity contribution in [2.45, 2.75) is 225 Å². The van der Waals surface area contributed by atoms with Gasteiger partial charge in [0.05, 0.1) is 72.8 Å². The molecule has 0 amide bonds. The number of hydrogen-bond donors (Lipinski definition) is 1. The Bertz CT molecular complexity index is 3280. The molecule has 24 nitrogen and oxygen atoms in total. The predicted octanol–water partition coefficient (Wildman–Crippen LogP) is 7.91. The second kappa shape index (κ2) is 52.0. The van der Waals surface area contributed by atoms with E-state index in [0.717, 1.165) is 107 Å². The van der Waals surface area contributed by atoms with Crippen LogP contribution >= 0.6 is 0 Å². The number of ketones is 2. The number of aliphatic carboxylic acids is 1. The fraction of sp³-hybridized carbons (Fsp3) is 0.633. The Balaban J connectivity index is 0.000000446. The quantitative estimate of drug-likeness (QED) is 0.0427. The van der Waals surface area contributed by atoms with Gasteiger partial charge >= 0.3 is 29.8 Å². The van der Waals surface area contributed by atoms with Crippen molar-refractivity contribution in [3.63, 3.8) is 0 Å². The van der Waals surface area contributed by atoms with Crippen LogP contribution in [0.2, 0.25) is 0 Å². The molecule has 1 N–H and O–H groups in total. The topological polar surface area (TPSA) is 334 Å². The van der Waals surface area contributed by atoms with E-state index < -0.39 is 65.2 Å². The molecule has 0 aliphatic carbocycles. The third kappa shape index (κ3) is 27.0. The summed E-state index contributed by atoms with van der Waals surface area (Å²) in [6.45, 7) is 9.50. The minimum absolute atomic E-state index is 0. The van der Waals surface area contributed by atoms with Crippen LogP contribution in [0.25, 0.3) is 0 Å². The standard InChI is InChI=1S/C19H21O6.C16H21O4.C15H15O4.C10H13O4.2C9H11O3.CH4.6Y/c1-11(18(21)22)8-12-2-4-13(5-3-12)10-24-19(23)17-14(9-20)15-6-7-16(17)25-15;1-2-3-4-5-6-7-10-19-16(18)15-12(11-17)13-8-9-14(15)20-13;16-8-11-12-6-7-13(19-12)14(11)15(17)18-9-10-4-2-1-3-5-10;1-2-13-10(12)9-6(5-11)7-3-4-8(9)14-7;2*1-5(11)9-6(4-10)7-2-3-8(9)12-7;;;;;;;/h2-5,11,14-17H,6-8,10H2,1H3,(H,21,22);3-4,6-7,12-15H,2,5,8-10H2,1H3;1-5,11-14H,6-7,9H2;6-9H,2-4H2,1H3;2*6-9H,2-3H2,1H3;1H4;;;;;;/q6*-1;;;;;;;/b;4-3+,7-6+;;;;;;;;;;;. The third-order valence-electron chi connectivity index (χ3n) is 21.5. The van der Waals surface area contributed by atoms with E-state index in [4.69, 9.17) is 52.5 Å². The normalized spacial score (nSPS) is 33.0. The van der Waals surface area contributed by atoms with Gasteiger partial charge in [-0.1, -0.05) is 124 Å². The average Bonchev–Trinajstić information content (AvgIpc) is 1.69. The summed E-state index contributed by atoms with van der Waals surface area (Å²) >= 11 is 0. The molecule has 25 unspecified atom stereocenters. The molecule has 6 radical (unpaired) electrons. The third-order valence-corrected chi connectivity index (χ3v) is 21.5. The average molecular weight is 1960 g/mol. The largest absolute Gasteiger partial charge is 0.541 e. The summed E-state index contributed by atoms with van der Waals surface area (Å²) in [6.07, 6.45) is 30.9. The van der Waals surface area contributed by atoms with E-state index in [0.29, 0.717) is 13.0 Å². The molecule has 580 valence electrons. The van der Waals surface area contributed by atoms with Gasteiger partial charge in [0, 0.05) is 245 Å². The predicted molar refractivity (Wildman–Crippen MR) is 365 cm³/mol. The molecule has 14 rings (SSSR count). The van der Waals surface area contributed by atoms with Crippen molar-refractivity contribution >= 4 is 79.1 Å². The molecular weight excluding hydrogens is 1870 g/mol. The molecule has 30 heteroatoms. The summed E-state index contributed by atoms with van der Waals surface area (Å²) in [6, 6.07) is 16.8. The molecule has 0 aromatic heterocycles. The molecule has 109 heavy (non-hydrogen) atoms. The van der Waals surface area contributed by atoms with Gasteiger partial charge in [-0.25, -0.2) is 0 Å². The van der Waals surface area contributed by atoms with Gasteiger partial charge < -0.3 is 81.2 Å². The van der Waals surface area contributed by atoms with Crippen LogP contribution in [0.15, 0.2) is 78.9 Å². The van der Waals surface area contributed by atoms with Crippen LogP contribution in [0.3, 0.4) is 0 Å². The Hall–Kier alpha value is -0.987. The van der Waals surface area contributed by atoms with Crippen molar-refractivity contribution in [3.8, 4) is 0 Å². The molecule has 0 spiro atoms. The molecule has 2 aromatic carbocycles. The maximum absolute atomic E-state index is 12.3. The van der Waals surface area contributed by atoms with E-state index >= 15 is 0 Å². The van der Waals surface area contributed by atoms with Crippen molar-refractivity contribution in [2.75, 3.05) is 13.2 Å². The summed E-state index contributed by atoms with van der Waals surface area (Å²) in [4.78, 5) is 146. The maximum atomic E-state index is 12.3. The summed E-state index contributed by atoms with van der Waals surface area (Å²) in [5, 5.41) is 8.94. The van der Waals surface area contributed by atoms with Crippen molar-refractivity contribution in [3.05, 3.63) is 95.6 Å². The zero-order chi connectivity index (χ0) is 73.1. The van der Waals surface area contributed by atoms with Crippen LogP contribution in [0, 0.1) is 76.9 Å². The number of hydrogen-bond acceptors (Lipinski definition) is 23. The number of rotatable bonds is 25. The fourth-order valence-electron chi connectivity index (χ4n) is 16.5. The summed E-state index contributed by atoms with van der Waals surface area (Å²) in [5.74, 6) is -7.26. The van der Waals surface area contributed by atoms with Crippen LogP contribution in [0.1, 0.15) is 149 Å². The molecule has 2 aromatic rings. The van der Waals surface area contributed by atoms with Gasteiger partial charge in [-0.3, -0.25) is 71.3 Å². The first-order chi connectivity index (χ1) is 49.3. The summed E-state index contributed by atoms with van der Waals surface area (Å²) < 4.78 is 54.0. The van der Waals surface area contributed by atoms with Gasteiger partial charge in [-0.05, 0) is 134 Å². The first kappa shape index (κ1) is 104. The minimum Gasteiger partial charge on any atom is -0.541 e. The number of allylic oxidation sites excluding steroid dienone is 3. The van der Waals surface area contributed by atoms with Crippen molar-refractivity contribution in [1.82, 2.24) is 0 Å². The first-order valence-electron chi connectivity index (χ1n) is 35.8. The van der Waals surface area contributed by atoms with Crippen LogP contribution in [0.4, 0.5) is 0 Å². The zero-order valence-corrected chi connectivity index (χ0v) is 78.7. The van der Waals surface area contributed by atoms with Crippen LogP contribution in [0.5, 0.6) is 0 Å². The van der Waals surface area contributed by atoms with Crippen LogP contribution in [-0.2, 0) is 326 Å².